The van der Waals surface area contributed by atoms with Crippen LogP contribution in [0.5, 0.6) is 0 Å². The van der Waals surface area contributed by atoms with Crippen molar-refractivity contribution in [2.24, 2.45) is 0 Å². The van der Waals surface area contributed by atoms with Crippen LogP contribution in [0.2, 0.25) is 0 Å². The fourth-order valence-electron chi connectivity index (χ4n) is 3.33. The summed E-state index contributed by atoms with van der Waals surface area (Å²) in [6, 6.07) is 10.3. The Morgan fingerprint density at radius 3 is 2.68 bits per heavy atom. The number of rotatable bonds is 5. The van der Waals surface area contributed by atoms with Crippen LogP contribution in [0.3, 0.4) is 0 Å². The molecule has 3 aromatic rings. The maximum Gasteiger partial charge on any atom is 0.161 e. The SMILES string of the molecule is C[C@H]1COCCN1c1cc(CS(C)=O)nc(-c2ccc(-c3cn[nH]c3)cc2)n1. The molecule has 0 amide bonds. The van der Waals surface area contributed by atoms with Gasteiger partial charge in [-0.05, 0) is 12.5 Å². The molecule has 1 aliphatic rings. The lowest BCUT2D eigenvalue weighted by Crippen LogP contribution is -2.44. The van der Waals surface area contributed by atoms with E-state index in [0.717, 1.165) is 34.7 Å². The number of benzene rings is 1. The molecule has 1 aliphatic heterocycles. The van der Waals surface area contributed by atoms with Gasteiger partial charge in [0.2, 0.25) is 0 Å². The predicted molar refractivity (Wildman–Crippen MR) is 110 cm³/mol. The molecule has 7 nitrogen and oxygen atoms in total. The summed E-state index contributed by atoms with van der Waals surface area (Å²) in [5, 5.41) is 6.82. The summed E-state index contributed by atoms with van der Waals surface area (Å²) in [6.07, 6.45) is 5.35. The van der Waals surface area contributed by atoms with Gasteiger partial charge in [0, 0.05) is 47.0 Å². The average Bonchev–Trinajstić information content (AvgIpc) is 3.22. The molecule has 146 valence electrons. The highest BCUT2D eigenvalue weighted by molar-refractivity contribution is 7.83. The minimum atomic E-state index is -0.971. The van der Waals surface area contributed by atoms with Gasteiger partial charge in [0.05, 0.1) is 36.9 Å². The predicted octanol–water partition coefficient (Wildman–Crippen LogP) is 2.64. The number of aromatic amines is 1. The zero-order valence-electron chi connectivity index (χ0n) is 16.0. The number of H-pyrrole nitrogens is 1. The second-order valence-corrected chi connectivity index (χ2v) is 8.38. The van der Waals surface area contributed by atoms with Crippen molar-refractivity contribution in [1.29, 1.82) is 0 Å². The number of nitrogens with one attached hydrogen (secondary N) is 1. The Hall–Kier alpha value is -2.58. The molecule has 1 unspecified atom stereocenters. The van der Waals surface area contributed by atoms with E-state index in [-0.39, 0.29) is 6.04 Å². The number of aromatic nitrogens is 4. The molecule has 0 radical (unpaired) electrons. The van der Waals surface area contributed by atoms with E-state index in [1.54, 1.807) is 12.5 Å². The number of morpholine rings is 1. The van der Waals surface area contributed by atoms with E-state index in [1.165, 1.54) is 0 Å². The Morgan fingerprint density at radius 1 is 1.21 bits per heavy atom. The van der Waals surface area contributed by atoms with Crippen LogP contribution < -0.4 is 4.90 Å². The fraction of sp³-hybridized carbons (Fsp3) is 0.350. The van der Waals surface area contributed by atoms with Gasteiger partial charge in [0.1, 0.15) is 5.82 Å². The van der Waals surface area contributed by atoms with Gasteiger partial charge in [-0.2, -0.15) is 5.10 Å². The molecular formula is C20H23N5O2S. The highest BCUT2D eigenvalue weighted by Crippen LogP contribution is 2.26. The summed E-state index contributed by atoms with van der Waals surface area (Å²) in [5.41, 5.74) is 3.83. The van der Waals surface area contributed by atoms with E-state index in [2.05, 4.69) is 27.0 Å². The second kappa shape index (κ2) is 8.20. The van der Waals surface area contributed by atoms with Gasteiger partial charge in [0.25, 0.3) is 0 Å². The minimum absolute atomic E-state index is 0.236. The standard InChI is InChI=1S/C20H23N5O2S/c1-14-12-27-8-7-25(14)19-9-18(13-28(2)26)23-20(24-19)16-5-3-15(4-6-16)17-10-21-22-11-17/h3-6,9-11,14H,7-8,12-13H2,1-2H3,(H,21,22)/t14-,28?/m0/s1. The molecule has 3 heterocycles. The smallest absolute Gasteiger partial charge is 0.161 e. The molecule has 1 aromatic carbocycles. The maximum atomic E-state index is 11.8. The van der Waals surface area contributed by atoms with Gasteiger partial charge < -0.3 is 9.64 Å². The van der Waals surface area contributed by atoms with Gasteiger partial charge in [0.15, 0.2) is 5.82 Å². The maximum absolute atomic E-state index is 11.8. The molecule has 1 N–H and O–H groups in total. The second-order valence-electron chi connectivity index (χ2n) is 6.94. The van der Waals surface area contributed by atoms with Crippen LogP contribution in [-0.2, 0) is 21.3 Å². The summed E-state index contributed by atoms with van der Waals surface area (Å²) < 4.78 is 17.3. The molecule has 2 aromatic heterocycles. The van der Waals surface area contributed by atoms with E-state index in [0.29, 0.717) is 24.8 Å². The molecule has 28 heavy (non-hydrogen) atoms. The van der Waals surface area contributed by atoms with Gasteiger partial charge in [-0.25, -0.2) is 9.97 Å². The number of hydrogen-bond acceptors (Lipinski definition) is 6. The van der Waals surface area contributed by atoms with Gasteiger partial charge in [-0.15, -0.1) is 0 Å². The first-order chi connectivity index (χ1) is 13.6. The number of anilines is 1. The lowest BCUT2D eigenvalue weighted by atomic mass is 10.1. The highest BCUT2D eigenvalue weighted by atomic mass is 32.2. The number of hydrogen-bond donors (Lipinski definition) is 1. The van der Waals surface area contributed by atoms with Crippen LogP contribution in [0.15, 0.2) is 42.7 Å². The van der Waals surface area contributed by atoms with Crippen molar-refractivity contribution in [3.63, 3.8) is 0 Å². The van der Waals surface area contributed by atoms with Crippen molar-refractivity contribution in [3.8, 4) is 22.5 Å². The molecule has 0 saturated carbocycles. The molecule has 1 saturated heterocycles. The Kier molecular flexibility index (Phi) is 5.50. The lowest BCUT2D eigenvalue weighted by Gasteiger charge is -2.34. The van der Waals surface area contributed by atoms with Crippen LogP contribution in [0.1, 0.15) is 12.6 Å². The lowest BCUT2D eigenvalue weighted by molar-refractivity contribution is 0.0985. The summed E-state index contributed by atoms with van der Waals surface area (Å²) in [6.45, 7) is 4.26. The summed E-state index contributed by atoms with van der Waals surface area (Å²) in [5.74, 6) is 1.92. The van der Waals surface area contributed by atoms with Crippen molar-refractivity contribution in [3.05, 3.63) is 48.4 Å². The molecule has 8 heteroatoms. The van der Waals surface area contributed by atoms with Crippen LogP contribution >= 0.6 is 0 Å². The Balaban J connectivity index is 1.70. The molecule has 2 atom stereocenters. The topological polar surface area (TPSA) is 84.0 Å². The van der Waals surface area contributed by atoms with Crippen molar-refractivity contribution in [1.82, 2.24) is 20.2 Å². The first-order valence-electron chi connectivity index (χ1n) is 9.22. The molecule has 1 fully saturated rings. The minimum Gasteiger partial charge on any atom is -0.377 e. The monoisotopic (exact) mass is 397 g/mol. The van der Waals surface area contributed by atoms with E-state index in [1.807, 2.05) is 36.5 Å². The Morgan fingerprint density at radius 2 is 2.00 bits per heavy atom. The first-order valence-corrected chi connectivity index (χ1v) is 10.9. The number of nitrogens with zero attached hydrogens (tertiary/aromatic N) is 4. The van der Waals surface area contributed by atoms with Crippen LogP contribution in [0, 0.1) is 0 Å². The fourth-order valence-corrected chi connectivity index (χ4v) is 3.89. The highest BCUT2D eigenvalue weighted by Gasteiger charge is 2.22. The first kappa shape index (κ1) is 18.8. The molecule has 0 bridgehead atoms. The Labute approximate surface area is 166 Å². The molecular weight excluding hydrogens is 374 g/mol. The largest absolute Gasteiger partial charge is 0.377 e. The zero-order valence-corrected chi connectivity index (χ0v) is 16.8. The summed E-state index contributed by atoms with van der Waals surface area (Å²) in [4.78, 5) is 11.7. The third kappa shape index (κ3) is 4.13. The number of ether oxygens (including phenoxy) is 1. The molecule has 0 aliphatic carbocycles. The van der Waals surface area contributed by atoms with Crippen molar-refractivity contribution < 1.29 is 8.95 Å². The summed E-state index contributed by atoms with van der Waals surface area (Å²) >= 11 is 0. The van der Waals surface area contributed by atoms with Crippen LogP contribution in [-0.4, -0.2) is 56.4 Å². The quantitative estimate of drug-likeness (QED) is 0.713. The Bertz CT molecular complexity index is 959. The van der Waals surface area contributed by atoms with Crippen LogP contribution in [0.25, 0.3) is 22.5 Å². The van der Waals surface area contributed by atoms with E-state index in [4.69, 9.17) is 9.72 Å². The van der Waals surface area contributed by atoms with Gasteiger partial charge in [-0.1, -0.05) is 24.3 Å². The van der Waals surface area contributed by atoms with E-state index >= 15 is 0 Å². The normalized spacial score (nSPS) is 18.2. The molecule has 0 spiro atoms. The van der Waals surface area contributed by atoms with Crippen molar-refractivity contribution >= 4 is 16.6 Å². The third-order valence-corrected chi connectivity index (χ3v) is 5.46. The third-order valence-electron chi connectivity index (χ3n) is 4.75. The summed E-state index contributed by atoms with van der Waals surface area (Å²) in [7, 11) is -0.971. The van der Waals surface area contributed by atoms with Crippen LogP contribution in [0.4, 0.5) is 5.82 Å². The van der Waals surface area contributed by atoms with E-state index in [9.17, 15) is 4.21 Å². The van der Waals surface area contributed by atoms with Gasteiger partial charge in [-0.3, -0.25) is 9.31 Å². The van der Waals surface area contributed by atoms with E-state index < -0.39 is 10.8 Å². The average molecular weight is 398 g/mol. The van der Waals surface area contributed by atoms with Crippen molar-refractivity contribution in [2.45, 2.75) is 18.7 Å². The molecule has 4 rings (SSSR count). The van der Waals surface area contributed by atoms with Gasteiger partial charge >= 0.3 is 0 Å². The van der Waals surface area contributed by atoms with Crippen molar-refractivity contribution in [2.75, 3.05) is 30.9 Å². The zero-order chi connectivity index (χ0) is 19.5.